The molecule has 0 aliphatic rings. The van der Waals surface area contributed by atoms with Crippen LogP contribution in [0.15, 0.2) is 0 Å². The molecular formula is H4NaO4PVZr. The minimum atomic E-state index is -4.64. The molecule has 0 fully saturated rings. The van der Waals surface area contributed by atoms with E-state index < -0.39 is 7.82 Å². The molecule has 0 rings (SSSR count). The van der Waals surface area contributed by atoms with Crippen LogP contribution >= 0.6 is 7.82 Å². The minimum absolute atomic E-state index is 0. The Morgan fingerprint density at radius 1 is 1.12 bits per heavy atom. The third-order valence-electron chi connectivity index (χ3n) is 0. The molecule has 0 amide bonds. The topological polar surface area (TPSA) is 77.8 Å². The van der Waals surface area contributed by atoms with Gasteiger partial charge in [0.15, 0.2) is 0 Å². The number of rotatable bonds is 0. The molecule has 0 bridgehead atoms. The summed E-state index contributed by atoms with van der Waals surface area (Å²) in [6.07, 6.45) is 0. The van der Waals surface area contributed by atoms with E-state index in [9.17, 15) is 0 Å². The monoisotopic (exact) mass is 263 g/mol. The van der Waals surface area contributed by atoms with Gasteiger partial charge in [-0.2, -0.15) is 0 Å². The van der Waals surface area contributed by atoms with Gasteiger partial charge in [-0.15, -0.1) is 0 Å². The second-order valence-electron chi connectivity index (χ2n) is 0.513. The van der Waals surface area contributed by atoms with Crippen LogP contribution in [0, 0.1) is 0 Å². The van der Waals surface area contributed by atoms with Crippen molar-refractivity contribution in [3.63, 3.8) is 0 Å². The van der Waals surface area contributed by atoms with E-state index in [-0.39, 0.29) is 74.3 Å². The van der Waals surface area contributed by atoms with E-state index in [1.165, 1.54) is 0 Å². The summed E-state index contributed by atoms with van der Waals surface area (Å²) in [5.74, 6) is 0. The molecule has 0 aliphatic carbocycles. The Morgan fingerprint density at radius 3 is 1.12 bits per heavy atom. The Kier molecular flexibility index (Phi) is 26.8. The largest absolute Gasteiger partial charge is 0 e. The van der Waals surface area contributed by atoms with Gasteiger partial charge in [-0.1, -0.05) is 0 Å². The van der Waals surface area contributed by atoms with Crippen LogP contribution in [0.4, 0.5) is 0 Å². The first-order chi connectivity index (χ1) is 2.00. The van der Waals surface area contributed by atoms with Crippen molar-refractivity contribution in [2.75, 3.05) is 0 Å². The van der Waals surface area contributed by atoms with Gasteiger partial charge in [0, 0.05) is 44.8 Å². The zero-order valence-electron chi connectivity index (χ0n) is 3.14. The molecule has 3 N–H and O–H groups in total. The molecule has 0 aliphatic heterocycles. The summed E-state index contributed by atoms with van der Waals surface area (Å²) in [6.45, 7) is 0. The zero-order valence-corrected chi connectivity index (χ0v) is 7.89. The molecule has 43 valence electrons. The molecular weight excluding hydrogens is 260 g/mol. The van der Waals surface area contributed by atoms with Crippen molar-refractivity contribution in [1.82, 2.24) is 0 Å². The van der Waals surface area contributed by atoms with E-state index in [1.807, 2.05) is 0 Å². The van der Waals surface area contributed by atoms with E-state index in [1.54, 1.807) is 0 Å². The van der Waals surface area contributed by atoms with Crippen LogP contribution in [-0.4, -0.2) is 44.2 Å². The van der Waals surface area contributed by atoms with Crippen LogP contribution in [0.25, 0.3) is 0 Å². The van der Waals surface area contributed by atoms with Gasteiger partial charge in [0.25, 0.3) is 0 Å². The molecule has 0 saturated heterocycles. The smallest absolute Gasteiger partial charge is 0 e. The summed E-state index contributed by atoms with van der Waals surface area (Å²) in [7, 11) is -4.64. The fourth-order valence-corrected chi connectivity index (χ4v) is 0. The van der Waals surface area contributed by atoms with Crippen molar-refractivity contribution in [2.45, 2.75) is 0 Å². The standard InChI is InChI=1S/Na.H3O4P.V.Zr.H/c;1-5(2,3)4;;;/h;(H3,1,2,3,4);;;. The van der Waals surface area contributed by atoms with Gasteiger partial charge in [-0.25, -0.2) is 4.57 Å². The van der Waals surface area contributed by atoms with Crippen LogP contribution < -0.4 is 0 Å². The number of hydrogen-bond donors (Lipinski definition) is 3. The van der Waals surface area contributed by atoms with Gasteiger partial charge >= 0.3 is 37.4 Å². The van der Waals surface area contributed by atoms with Crippen molar-refractivity contribution < 1.29 is 64.0 Å². The predicted molar refractivity (Wildman–Crippen MR) is 21.4 cm³/mol. The second-order valence-corrected chi connectivity index (χ2v) is 1.54. The van der Waals surface area contributed by atoms with Gasteiger partial charge in [0.2, 0.25) is 0 Å². The van der Waals surface area contributed by atoms with E-state index in [4.69, 9.17) is 19.2 Å². The fourth-order valence-electron chi connectivity index (χ4n) is 0. The molecule has 0 saturated carbocycles. The molecule has 0 unspecified atom stereocenters. The van der Waals surface area contributed by atoms with E-state index in [0.29, 0.717) is 0 Å². The van der Waals surface area contributed by atoms with E-state index >= 15 is 0 Å². The quantitative estimate of drug-likeness (QED) is 0.364. The molecule has 8 heteroatoms. The average molecular weight is 264 g/mol. The van der Waals surface area contributed by atoms with Crippen LogP contribution in [0.2, 0.25) is 0 Å². The van der Waals surface area contributed by atoms with Crippen molar-refractivity contribution in [2.24, 2.45) is 0 Å². The van der Waals surface area contributed by atoms with Crippen molar-refractivity contribution in [3.8, 4) is 0 Å². The van der Waals surface area contributed by atoms with Gasteiger partial charge in [-0.05, 0) is 0 Å². The van der Waals surface area contributed by atoms with Gasteiger partial charge in [0.1, 0.15) is 0 Å². The van der Waals surface area contributed by atoms with Crippen molar-refractivity contribution >= 4 is 37.4 Å². The Hall–Kier alpha value is 2.58. The molecule has 0 aromatic carbocycles. The first-order valence-electron chi connectivity index (χ1n) is 0.783. The van der Waals surface area contributed by atoms with Crippen LogP contribution in [-0.2, 0) is 49.3 Å². The Morgan fingerprint density at radius 2 is 1.12 bits per heavy atom. The summed E-state index contributed by atoms with van der Waals surface area (Å²) in [6, 6.07) is 0. The summed E-state index contributed by atoms with van der Waals surface area (Å²) < 4.78 is 8.88. The third-order valence-corrected chi connectivity index (χ3v) is 0. The number of phosphoric acid groups is 1. The maximum atomic E-state index is 8.88. The maximum absolute atomic E-state index is 8.88. The molecule has 8 heavy (non-hydrogen) atoms. The molecule has 1 radical (unpaired) electrons. The Labute approximate surface area is 100.0 Å². The summed E-state index contributed by atoms with van der Waals surface area (Å²) in [5, 5.41) is 0. The van der Waals surface area contributed by atoms with Crippen molar-refractivity contribution in [1.29, 1.82) is 0 Å². The third kappa shape index (κ3) is 74.1. The minimum Gasteiger partial charge on any atom is 0 e. The summed E-state index contributed by atoms with van der Waals surface area (Å²) in [4.78, 5) is 21.6. The fraction of sp³-hybridized carbons (Fsp3) is 0. The molecule has 0 spiro atoms. The molecule has 0 aromatic heterocycles. The predicted octanol–water partition coefficient (Wildman–Crippen LogP) is -1.58. The molecule has 0 atom stereocenters. The number of hydrogen-bond acceptors (Lipinski definition) is 1. The van der Waals surface area contributed by atoms with Crippen LogP contribution in [0.1, 0.15) is 0 Å². The second kappa shape index (κ2) is 9.58. The SMILES string of the molecule is O=P(O)(O)O.[NaH].[V].[Zr]. The normalized spacial score (nSPS) is 7.38. The van der Waals surface area contributed by atoms with E-state index in [2.05, 4.69) is 0 Å². The average Bonchev–Trinajstić information content (AvgIpc) is 0.722. The van der Waals surface area contributed by atoms with Gasteiger partial charge in [0.05, 0.1) is 0 Å². The van der Waals surface area contributed by atoms with Crippen molar-refractivity contribution in [3.05, 3.63) is 0 Å². The molecule has 0 aromatic rings. The zero-order chi connectivity index (χ0) is 4.50. The van der Waals surface area contributed by atoms with Gasteiger partial charge in [-0.3, -0.25) is 0 Å². The van der Waals surface area contributed by atoms with Gasteiger partial charge < -0.3 is 14.7 Å². The molecule has 4 nitrogen and oxygen atoms in total. The van der Waals surface area contributed by atoms with Crippen LogP contribution in [0.5, 0.6) is 0 Å². The first-order valence-corrected chi connectivity index (χ1v) is 2.35. The summed E-state index contributed by atoms with van der Waals surface area (Å²) in [5.41, 5.74) is 0. The Balaban J connectivity index is -0.0000000267. The van der Waals surface area contributed by atoms with Crippen LogP contribution in [0.3, 0.4) is 0 Å². The molecule has 0 heterocycles. The first kappa shape index (κ1) is 22.4. The summed E-state index contributed by atoms with van der Waals surface area (Å²) >= 11 is 0. The maximum Gasteiger partial charge on any atom is 0 e. The Bertz CT molecular complexity index is 62.2. The van der Waals surface area contributed by atoms with E-state index in [0.717, 1.165) is 0 Å².